The molecule has 0 aromatic heterocycles. The maximum Gasteiger partial charge on any atom is 0.0806 e. The van der Waals surface area contributed by atoms with Crippen LogP contribution in [0, 0.1) is 11.8 Å². The summed E-state index contributed by atoms with van der Waals surface area (Å²) in [5, 5.41) is 3.85. The Bertz CT molecular complexity index is 256. The fourth-order valence-corrected chi connectivity index (χ4v) is 4.04. The first-order chi connectivity index (χ1) is 9.62. The molecule has 0 bridgehead atoms. The predicted molar refractivity (Wildman–Crippen MR) is 88.1 cm³/mol. The average Bonchev–Trinajstić information content (AvgIpc) is 2.48. The lowest BCUT2D eigenvalue weighted by Crippen LogP contribution is -2.56. The van der Waals surface area contributed by atoms with Crippen LogP contribution in [-0.4, -0.2) is 24.8 Å². The molecule has 0 saturated heterocycles. The maximum absolute atomic E-state index is 6.22. The summed E-state index contributed by atoms with van der Waals surface area (Å²) in [5.41, 5.74) is -0.0145. The van der Waals surface area contributed by atoms with Crippen LogP contribution in [0.2, 0.25) is 0 Å². The fourth-order valence-electron chi connectivity index (χ4n) is 4.04. The Labute approximate surface area is 127 Å². The van der Waals surface area contributed by atoms with E-state index in [1.54, 1.807) is 0 Å². The highest BCUT2D eigenvalue weighted by Gasteiger charge is 2.41. The van der Waals surface area contributed by atoms with Gasteiger partial charge in [0.2, 0.25) is 0 Å². The summed E-state index contributed by atoms with van der Waals surface area (Å²) in [4.78, 5) is 0. The molecule has 1 rings (SSSR count). The van der Waals surface area contributed by atoms with E-state index < -0.39 is 0 Å². The predicted octanol–water partition coefficient (Wildman–Crippen LogP) is 4.78. The monoisotopic (exact) mass is 283 g/mol. The third-order valence-electron chi connectivity index (χ3n) is 5.37. The van der Waals surface area contributed by atoms with E-state index in [-0.39, 0.29) is 5.60 Å². The van der Waals surface area contributed by atoms with Crippen LogP contribution in [0.4, 0.5) is 0 Å². The lowest BCUT2D eigenvalue weighted by atomic mass is 9.69. The minimum atomic E-state index is -0.0145. The van der Waals surface area contributed by atoms with E-state index >= 15 is 0 Å². The van der Waals surface area contributed by atoms with Crippen LogP contribution < -0.4 is 5.32 Å². The third kappa shape index (κ3) is 4.46. The van der Waals surface area contributed by atoms with Gasteiger partial charge in [0.05, 0.1) is 5.60 Å². The zero-order valence-electron chi connectivity index (χ0n) is 14.5. The van der Waals surface area contributed by atoms with Crippen molar-refractivity contribution >= 4 is 0 Å². The fraction of sp³-hybridized carbons (Fsp3) is 1.00. The van der Waals surface area contributed by atoms with Crippen molar-refractivity contribution in [2.75, 3.05) is 13.2 Å². The van der Waals surface area contributed by atoms with E-state index in [4.69, 9.17) is 4.74 Å². The molecular weight excluding hydrogens is 246 g/mol. The molecule has 0 amide bonds. The van der Waals surface area contributed by atoms with Crippen molar-refractivity contribution in [1.29, 1.82) is 0 Å². The van der Waals surface area contributed by atoms with E-state index in [0.717, 1.165) is 31.4 Å². The molecule has 0 heterocycles. The molecule has 4 unspecified atom stereocenters. The minimum Gasteiger partial charge on any atom is -0.374 e. The SMILES string of the molecule is CCCNC(C1CCCCC1CC)C(C)(CC)OCC. The zero-order valence-corrected chi connectivity index (χ0v) is 14.5. The Morgan fingerprint density at radius 2 is 1.85 bits per heavy atom. The van der Waals surface area contributed by atoms with E-state index in [0.29, 0.717) is 6.04 Å². The average molecular weight is 284 g/mol. The second kappa shape index (κ2) is 9.04. The van der Waals surface area contributed by atoms with Crippen molar-refractivity contribution < 1.29 is 4.74 Å². The summed E-state index contributed by atoms with van der Waals surface area (Å²) in [7, 11) is 0. The van der Waals surface area contributed by atoms with Crippen molar-refractivity contribution in [2.45, 2.75) is 91.2 Å². The van der Waals surface area contributed by atoms with Gasteiger partial charge in [-0.05, 0) is 51.5 Å². The summed E-state index contributed by atoms with van der Waals surface area (Å²) in [6.45, 7) is 13.3. The van der Waals surface area contributed by atoms with Gasteiger partial charge in [-0.1, -0.05) is 46.5 Å². The molecule has 2 heteroatoms. The first kappa shape index (κ1) is 18.0. The van der Waals surface area contributed by atoms with Gasteiger partial charge in [-0.25, -0.2) is 0 Å². The molecule has 0 aromatic carbocycles. The highest BCUT2D eigenvalue weighted by atomic mass is 16.5. The number of nitrogens with one attached hydrogen (secondary N) is 1. The highest BCUT2D eigenvalue weighted by Crippen LogP contribution is 2.39. The van der Waals surface area contributed by atoms with Crippen LogP contribution in [-0.2, 0) is 4.74 Å². The van der Waals surface area contributed by atoms with Gasteiger partial charge in [0.1, 0.15) is 0 Å². The van der Waals surface area contributed by atoms with E-state index in [1.165, 1.54) is 38.5 Å². The smallest absolute Gasteiger partial charge is 0.0806 e. The molecule has 0 radical (unpaired) electrons. The molecule has 0 aliphatic heterocycles. The van der Waals surface area contributed by atoms with Gasteiger partial charge in [-0.2, -0.15) is 0 Å². The molecule has 20 heavy (non-hydrogen) atoms. The Kier molecular flexibility index (Phi) is 8.13. The number of hydrogen-bond acceptors (Lipinski definition) is 2. The summed E-state index contributed by atoms with van der Waals surface area (Å²) < 4.78 is 6.22. The van der Waals surface area contributed by atoms with Crippen molar-refractivity contribution in [3.8, 4) is 0 Å². The Morgan fingerprint density at radius 3 is 2.40 bits per heavy atom. The van der Waals surface area contributed by atoms with Crippen LogP contribution in [0.5, 0.6) is 0 Å². The molecule has 4 atom stereocenters. The van der Waals surface area contributed by atoms with Crippen molar-refractivity contribution in [3.05, 3.63) is 0 Å². The molecule has 1 saturated carbocycles. The van der Waals surface area contributed by atoms with Crippen LogP contribution in [0.1, 0.15) is 79.6 Å². The van der Waals surface area contributed by atoms with Gasteiger partial charge in [-0.3, -0.25) is 0 Å². The summed E-state index contributed by atoms with van der Waals surface area (Å²) >= 11 is 0. The van der Waals surface area contributed by atoms with Crippen LogP contribution in [0.3, 0.4) is 0 Å². The number of ether oxygens (including phenoxy) is 1. The van der Waals surface area contributed by atoms with Crippen LogP contribution in [0.15, 0.2) is 0 Å². The number of rotatable bonds is 9. The van der Waals surface area contributed by atoms with E-state index in [2.05, 4.69) is 39.9 Å². The molecule has 0 spiro atoms. The van der Waals surface area contributed by atoms with E-state index in [1.807, 2.05) is 0 Å². The largest absolute Gasteiger partial charge is 0.374 e. The second-order valence-electron chi connectivity index (χ2n) is 6.65. The lowest BCUT2D eigenvalue weighted by molar-refractivity contribution is -0.0805. The third-order valence-corrected chi connectivity index (χ3v) is 5.37. The van der Waals surface area contributed by atoms with Crippen molar-refractivity contribution in [1.82, 2.24) is 5.32 Å². The molecular formula is C18H37NO. The summed E-state index contributed by atoms with van der Waals surface area (Å²) in [6.07, 6.45) is 9.23. The molecule has 1 N–H and O–H groups in total. The Balaban J connectivity index is 2.90. The number of hydrogen-bond donors (Lipinski definition) is 1. The van der Waals surface area contributed by atoms with Crippen LogP contribution >= 0.6 is 0 Å². The van der Waals surface area contributed by atoms with Crippen molar-refractivity contribution in [3.63, 3.8) is 0 Å². The standard InChI is InChI=1S/C18H37NO/c1-6-14-19-17(18(5,8-3)20-9-4)16-13-11-10-12-15(16)7-2/h15-17,19H,6-14H2,1-5H3. The molecule has 1 aliphatic carbocycles. The highest BCUT2D eigenvalue weighted by molar-refractivity contribution is 4.96. The molecule has 2 nitrogen and oxygen atoms in total. The lowest BCUT2D eigenvalue weighted by Gasteiger charge is -2.46. The Morgan fingerprint density at radius 1 is 1.15 bits per heavy atom. The zero-order chi connectivity index (χ0) is 15.0. The normalized spacial score (nSPS) is 28.1. The minimum absolute atomic E-state index is 0.0145. The maximum atomic E-state index is 6.22. The van der Waals surface area contributed by atoms with Gasteiger partial charge < -0.3 is 10.1 Å². The van der Waals surface area contributed by atoms with Crippen molar-refractivity contribution in [2.24, 2.45) is 11.8 Å². The summed E-state index contributed by atoms with van der Waals surface area (Å²) in [6, 6.07) is 0.512. The molecule has 0 aromatic rings. The van der Waals surface area contributed by atoms with Gasteiger partial charge >= 0.3 is 0 Å². The quantitative estimate of drug-likeness (QED) is 0.658. The first-order valence-electron chi connectivity index (χ1n) is 9.00. The van der Waals surface area contributed by atoms with Crippen LogP contribution in [0.25, 0.3) is 0 Å². The molecule has 1 aliphatic rings. The second-order valence-corrected chi connectivity index (χ2v) is 6.65. The molecule has 1 fully saturated rings. The first-order valence-corrected chi connectivity index (χ1v) is 9.00. The van der Waals surface area contributed by atoms with Gasteiger partial charge in [0.25, 0.3) is 0 Å². The Hall–Kier alpha value is -0.0800. The van der Waals surface area contributed by atoms with E-state index in [9.17, 15) is 0 Å². The van der Waals surface area contributed by atoms with Gasteiger partial charge in [-0.15, -0.1) is 0 Å². The summed E-state index contributed by atoms with van der Waals surface area (Å²) in [5.74, 6) is 1.67. The van der Waals surface area contributed by atoms with Gasteiger partial charge in [0, 0.05) is 12.6 Å². The molecule has 120 valence electrons. The van der Waals surface area contributed by atoms with Gasteiger partial charge in [0.15, 0.2) is 0 Å². The topological polar surface area (TPSA) is 21.3 Å².